The molecule has 4 heterocycles. The van der Waals surface area contributed by atoms with Crippen molar-refractivity contribution < 1.29 is 30.8 Å². The lowest BCUT2D eigenvalue weighted by Gasteiger charge is -2.22. The number of sulfone groups is 1. The lowest BCUT2D eigenvalue weighted by Crippen LogP contribution is -2.40. The molecular formula is C25H33F4N5O3S2. The van der Waals surface area contributed by atoms with E-state index in [9.17, 15) is 30.8 Å². The number of anilines is 1. The highest BCUT2D eigenvalue weighted by molar-refractivity contribution is 7.91. The summed E-state index contributed by atoms with van der Waals surface area (Å²) in [6, 6.07) is 0.418. The van der Waals surface area contributed by atoms with Crippen molar-refractivity contribution in [2.75, 3.05) is 23.4 Å². The maximum Gasteiger partial charge on any atom is 0.280 e. The molecular weight excluding hydrogens is 558 g/mol. The highest BCUT2D eigenvalue weighted by atomic mass is 32.2. The molecule has 2 aromatic heterocycles. The van der Waals surface area contributed by atoms with Crippen LogP contribution >= 0.6 is 11.3 Å². The summed E-state index contributed by atoms with van der Waals surface area (Å²) >= 11 is 0.895. The maximum absolute atomic E-state index is 14.3. The molecule has 2 fully saturated rings. The molecule has 0 unspecified atom stereocenters. The first-order chi connectivity index (χ1) is 18.0. The minimum atomic E-state index is -3.13. The van der Waals surface area contributed by atoms with Gasteiger partial charge in [0, 0.05) is 47.9 Å². The van der Waals surface area contributed by atoms with E-state index in [1.165, 1.54) is 17.2 Å². The van der Waals surface area contributed by atoms with E-state index in [-0.39, 0.29) is 75.9 Å². The van der Waals surface area contributed by atoms with Crippen LogP contribution in [0.15, 0.2) is 12.3 Å². The Bertz CT molecular complexity index is 1310. The number of nitrogens with zero attached hydrogens (tertiary/aromatic N) is 3. The van der Waals surface area contributed by atoms with Gasteiger partial charge in [0.15, 0.2) is 5.01 Å². The number of hydrogen-bond acceptors (Lipinski definition) is 8. The second-order valence-electron chi connectivity index (χ2n) is 11.3. The van der Waals surface area contributed by atoms with Crippen molar-refractivity contribution in [3.63, 3.8) is 0 Å². The first kappa shape index (κ1) is 29.7. The van der Waals surface area contributed by atoms with E-state index in [1.54, 1.807) is 6.92 Å². The van der Waals surface area contributed by atoms with Gasteiger partial charge in [-0.05, 0) is 46.6 Å². The van der Waals surface area contributed by atoms with Crippen LogP contribution in [0.3, 0.4) is 0 Å². The molecule has 2 aliphatic rings. The third-order valence-electron chi connectivity index (χ3n) is 6.70. The molecule has 0 bridgehead atoms. The van der Waals surface area contributed by atoms with E-state index in [2.05, 4.69) is 20.6 Å². The Morgan fingerprint density at radius 2 is 1.92 bits per heavy atom. The number of hydrogen-bond donors (Lipinski definition) is 2. The Kier molecular flexibility index (Phi) is 8.31. The number of nitrogens with one attached hydrogen (secondary N) is 2. The van der Waals surface area contributed by atoms with E-state index in [1.807, 2.05) is 20.8 Å². The Hall–Kier alpha value is -2.32. The second kappa shape index (κ2) is 10.9. The number of thiazole rings is 1. The summed E-state index contributed by atoms with van der Waals surface area (Å²) in [5, 5.41) is 5.84. The number of carbonyl (C=O) groups excluding carboxylic acids is 1. The molecule has 2 saturated heterocycles. The molecule has 8 nitrogen and oxygen atoms in total. The first-order valence-electron chi connectivity index (χ1n) is 12.7. The average molecular weight is 592 g/mol. The van der Waals surface area contributed by atoms with Gasteiger partial charge in [0.05, 0.1) is 28.6 Å². The standard InChI is InChI=1S/C25H33F4N5O3S2/c1-14-10-25(28,29)13-34(14)12-18-20(17-11-30-19(33-24(2,3)4)9-16(17)21(26)27)38-23(32-18)22(35)31-15-5-7-39(36,37)8-6-15/h9,11,14-15,21H,5-8,10,12-13H2,1-4H3,(H,30,33)(H,31,35)/t14-/m0/s1. The normalized spacial score (nSPS) is 21.8. The molecule has 4 rings (SSSR count). The van der Waals surface area contributed by atoms with Crippen molar-refractivity contribution >= 4 is 32.9 Å². The summed E-state index contributed by atoms with van der Waals surface area (Å²) in [4.78, 5) is 23.6. The number of amides is 1. The monoisotopic (exact) mass is 591 g/mol. The zero-order chi connectivity index (χ0) is 28.8. The fraction of sp³-hybridized carbons (Fsp3) is 0.640. The summed E-state index contributed by atoms with van der Waals surface area (Å²) in [6.45, 7) is 6.71. The number of carbonyl (C=O) groups is 1. The quantitative estimate of drug-likeness (QED) is 0.442. The van der Waals surface area contributed by atoms with Crippen LogP contribution in [0.5, 0.6) is 0 Å². The largest absolute Gasteiger partial charge is 0.365 e. The van der Waals surface area contributed by atoms with Crippen LogP contribution < -0.4 is 10.6 Å². The smallest absolute Gasteiger partial charge is 0.280 e. The molecule has 2 aliphatic heterocycles. The summed E-state index contributed by atoms with van der Waals surface area (Å²) in [5.74, 6) is -3.26. The molecule has 0 saturated carbocycles. The molecule has 1 amide bonds. The molecule has 2 N–H and O–H groups in total. The van der Waals surface area contributed by atoms with Gasteiger partial charge < -0.3 is 10.6 Å². The Balaban J connectivity index is 1.69. The molecule has 14 heteroatoms. The van der Waals surface area contributed by atoms with Gasteiger partial charge in [-0.15, -0.1) is 11.3 Å². The fourth-order valence-electron chi connectivity index (χ4n) is 4.82. The van der Waals surface area contributed by atoms with Crippen LogP contribution in [0.1, 0.15) is 74.4 Å². The van der Waals surface area contributed by atoms with Crippen LogP contribution in [0.25, 0.3) is 10.4 Å². The zero-order valence-corrected chi connectivity index (χ0v) is 23.9. The predicted molar refractivity (Wildman–Crippen MR) is 142 cm³/mol. The number of aromatic nitrogens is 2. The number of alkyl halides is 4. The van der Waals surface area contributed by atoms with Gasteiger partial charge in [0.1, 0.15) is 15.7 Å². The van der Waals surface area contributed by atoms with Gasteiger partial charge in [0.25, 0.3) is 18.3 Å². The van der Waals surface area contributed by atoms with Gasteiger partial charge in [0.2, 0.25) is 0 Å². The third-order valence-corrected chi connectivity index (χ3v) is 9.55. The van der Waals surface area contributed by atoms with Gasteiger partial charge in [-0.3, -0.25) is 9.69 Å². The van der Waals surface area contributed by atoms with E-state index in [0.29, 0.717) is 0 Å². The van der Waals surface area contributed by atoms with Crippen molar-refractivity contribution in [3.8, 4) is 10.4 Å². The first-order valence-corrected chi connectivity index (χ1v) is 15.4. The van der Waals surface area contributed by atoms with Crippen LogP contribution in [0.2, 0.25) is 0 Å². The molecule has 1 atom stereocenters. The summed E-state index contributed by atoms with van der Waals surface area (Å²) < 4.78 is 80.1. The number of likely N-dealkylation sites (tertiary alicyclic amines) is 1. The second-order valence-corrected chi connectivity index (χ2v) is 14.6. The van der Waals surface area contributed by atoms with E-state index < -0.39 is 46.2 Å². The molecule has 2 aromatic rings. The summed E-state index contributed by atoms with van der Waals surface area (Å²) in [5.41, 5.74) is -0.421. The highest BCUT2D eigenvalue weighted by Crippen LogP contribution is 2.40. The molecule has 0 aliphatic carbocycles. The average Bonchev–Trinajstić information content (AvgIpc) is 3.33. The third kappa shape index (κ3) is 7.46. The predicted octanol–water partition coefficient (Wildman–Crippen LogP) is 4.89. The van der Waals surface area contributed by atoms with E-state index >= 15 is 0 Å². The van der Waals surface area contributed by atoms with Gasteiger partial charge in [-0.1, -0.05) is 0 Å². The molecule has 39 heavy (non-hydrogen) atoms. The zero-order valence-electron chi connectivity index (χ0n) is 22.2. The molecule has 0 aromatic carbocycles. The van der Waals surface area contributed by atoms with Crippen LogP contribution in [-0.4, -0.2) is 70.8 Å². The maximum atomic E-state index is 14.3. The van der Waals surface area contributed by atoms with E-state index in [4.69, 9.17) is 0 Å². The number of rotatable bonds is 7. The Morgan fingerprint density at radius 3 is 2.49 bits per heavy atom. The molecule has 0 radical (unpaired) electrons. The molecule has 216 valence electrons. The van der Waals surface area contributed by atoms with Crippen molar-refractivity contribution in [2.24, 2.45) is 0 Å². The fourth-order valence-corrected chi connectivity index (χ4v) is 7.33. The Morgan fingerprint density at radius 1 is 1.26 bits per heavy atom. The highest BCUT2D eigenvalue weighted by Gasteiger charge is 2.43. The van der Waals surface area contributed by atoms with E-state index in [0.717, 1.165) is 11.3 Å². The number of pyridine rings is 1. The molecule has 0 spiro atoms. The van der Waals surface area contributed by atoms with Gasteiger partial charge in [-0.2, -0.15) is 0 Å². The SMILES string of the molecule is C[C@H]1CC(F)(F)CN1Cc1nc(C(=O)NC2CCS(=O)(=O)CC2)sc1-c1cnc(NC(C)(C)C)cc1C(F)F. The summed E-state index contributed by atoms with van der Waals surface area (Å²) in [7, 11) is -3.13. The topological polar surface area (TPSA) is 104 Å². The number of halogens is 4. The Labute approximate surface area is 229 Å². The van der Waals surface area contributed by atoms with Crippen LogP contribution in [-0.2, 0) is 16.4 Å². The van der Waals surface area contributed by atoms with Crippen molar-refractivity contribution in [1.29, 1.82) is 0 Å². The minimum absolute atomic E-state index is 0.0100. The van der Waals surface area contributed by atoms with Crippen molar-refractivity contribution in [2.45, 2.75) is 83.5 Å². The van der Waals surface area contributed by atoms with Crippen molar-refractivity contribution in [3.05, 3.63) is 28.5 Å². The van der Waals surface area contributed by atoms with Gasteiger partial charge in [-0.25, -0.2) is 35.9 Å². The van der Waals surface area contributed by atoms with Crippen LogP contribution in [0.4, 0.5) is 23.4 Å². The lowest BCUT2D eigenvalue weighted by molar-refractivity contribution is 0.0113. The minimum Gasteiger partial charge on any atom is -0.365 e. The van der Waals surface area contributed by atoms with Gasteiger partial charge >= 0.3 is 0 Å². The van der Waals surface area contributed by atoms with Crippen LogP contribution in [0, 0.1) is 0 Å². The summed E-state index contributed by atoms with van der Waals surface area (Å²) in [6.07, 6.45) is -1.37. The van der Waals surface area contributed by atoms with Crippen molar-refractivity contribution in [1.82, 2.24) is 20.2 Å². The lowest BCUT2D eigenvalue weighted by atomic mass is 10.1.